The zero-order valence-electron chi connectivity index (χ0n) is 12.3. The van der Waals surface area contributed by atoms with Crippen LogP contribution in [0.5, 0.6) is 11.5 Å². The van der Waals surface area contributed by atoms with Gasteiger partial charge in [-0.25, -0.2) is 0 Å². The summed E-state index contributed by atoms with van der Waals surface area (Å²) in [6.07, 6.45) is 1.75. The first-order valence-electron chi connectivity index (χ1n) is 7.23. The van der Waals surface area contributed by atoms with Crippen molar-refractivity contribution < 1.29 is 9.47 Å². The van der Waals surface area contributed by atoms with Crippen LogP contribution in [0.1, 0.15) is 24.5 Å². The van der Waals surface area contributed by atoms with Crippen LogP contribution in [-0.2, 0) is 13.0 Å². The molecule has 2 aromatic rings. The van der Waals surface area contributed by atoms with E-state index >= 15 is 0 Å². The van der Waals surface area contributed by atoms with Gasteiger partial charge in [0.15, 0.2) is 0 Å². The lowest BCUT2D eigenvalue weighted by atomic mass is 10.1. The molecule has 21 heavy (non-hydrogen) atoms. The molecular weight excluding hydrogens is 284 g/mol. The van der Waals surface area contributed by atoms with Gasteiger partial charge in [0.1, 0.15) is 18.1 Å². The number of hydrogen-bond donors (Lipinski definition) is 0. The highest BCUT2D eigenvalue weighted by Crippen LogP contribution is 2.25. The van der Waals surface area contributed by atoms with E-state index in [1.165, 1.54) is 0 Å². The van der Waals surface area contributed by atoms with Crippen LogP contribution in [0.15, 0.2) is 42.5 Å². The molecule has 2 nitrogen and oxygen atoms in total. The average molecular weight is 304 g/mol. The van der Waals surface area contributed by atoms with Crippen molar-refractivity contribution in [1.29, 1.82) is 0 Å². The topological polar surface area (TPSA) is 18.5 Å². The maximum Gasteiger partial charge on any atom is 0.131 e. The van der Waals surface area contributed by atoms with E-state index in [0.29, 0.717) is 24.8 Å². The molecule has 111 valence electrons. The van der Waals surface area contributed by atoms with E-state index in [4.69, 9.17) is 21.1 Å². The minimum Gasteiger partial charge on any atom is -0.493 e. The number of ether oxygens (including phenoxy) is 2. The molecule has 0 amide bonds. The summed E-state index contributed by atoms with van der Waals surface area (Å²) < 4.78 is 11.6. The highest BCUT2D eigenvalue weighted by atomic mass is 35.5. The van der Waals surface area contributed by atoms with Gasteiger partial charge in [-0.15, -0.1) is 11.6 Å². The van der Waals surface area contributed by atoms with Crippen LogP contribution < -0.4 is 9.47 Å². The molecule has 1 radical (unpaired) electrons. The van der Waals surface area contributed by atoms with E-state index in [2.05, 4.69) is 13.0 Å². The van der Waals surface area contributed by atoms with Crippen molar-refractivity contribution in [3.63, 3.8) is 0 Å². The molecule has 0 fully saturated rings. The molecule has 0 atom stereocenters. The standard InChI is InChI=1S/C18H20ClO2/c1-2-16-9-10-17(13-18(16)20-12-6-11-19)21-14-15-7-4-3-5-8-15/h3-5,7-9,13H,2,6,11-12,14H2,1H3. The maximum absolute atomic E-state index is 5.78. The number of aryl methyl sites for hydroxylation is 1. The molecule has 0 aromatic heterocycles. The van der Waals surface area contributed by atoms with E-state index in [1.807, 2.05) is 42.5 Å². The van der Waals surface area contributed by atoms with Gasteiger partial charge >= 0.3 is 0 Å². The normalized spacial score (nSPS) is 10.4. The van der Waals surface area contributed by atoms with Crippen molar-refractivity contribution in [2.24, 2.45) is 0 Å². The summed E-state index contributed by atoms with van der Waals surface area (Å²) in [6.45, 7) is 3.25. The summed E-state index contributed by atoms with van der Waals surface area (Å²) in [6, 6.07) is 17.1. The molecule has 2 aromatic carbocycles. The van der Waals surface area contributed by atoms with Gasteiger partial charge in [-0.1, -0.05) is 37.3 Å². The first kappa shape index (κ1) is 15.7. The van der Waals surface area contributed by atoms with Crippen molar-refractivity contribution in [3.8, 4) is 11.5 Å². The first-order chi connectivity index (χ1) is 10.3. The molecule has 0 heterocycles. The second-order valence-electron chi connectivity index (χ2n) is 4.71. The Morgan fingerprint density at radius 3 is 2.67 bits per heavy atom. The fourth-order valence-corrected chi connectivity index (χ4v) is 2.06. The third-order valence-electron chi connectivity index (χ3n) is 3.12. The summed E-state index contributed by atoms with van der Waals surface area (Å²) in [7, 11) is 0. The van der Waals surface area contributed by atoms with Gasteiger partial charge in [-0.3, -0.25) is 0 Å². The number of benzene rings is 2. The Hall–Kier alpha value is -1.67. The number of hydrogen-bond acceptors (Lipinski definition) is 2. The molecule has 0 spiro atoms. The van der Waals surface area contributed by atoms with E-state index in [9.17, 15) is 0 Å². The fourth-order valence-electron chi connectivity index (χ4n) is 1.95. The summed E-state index contributed by atoms with van der Waals surface area (Å²) in [5, 5.41) is 0. The highest BCUT2D eigenvalue weighted by Gasteiger charge is 2.05. The lowest BCUT2D eigenvalue weighted by Gasteiger charge is -2.12. The van der Waals surface area contributed by atoms with E-state index in [1.54, 1.807) is 0 Å². The molecule has 0 aliphatic rings. The number of halogens is 1. The maximum atomic E-state index is 5.78. The van der Waals surface area contributed by atoms with Crippen molar-refractivity contribution >= 4 is 11.6 Å². The zero-order chi connectivity index (χ0) is 14.9. The second kappa shape index (κ2) is 8.58. The lowest BCUT2D eigenvalue weighted by molar-refractivity contribution is 0.293. The third kappa shape index (κ3) is 4.98. The summed E-state index contributed by atoms with van der Waals surface area (Å²) in [4.78, 5) is 0. The van der Waals surface area contributed by atoms with Crippen LogP contribution in [0, 0.1) is 6.07 Å². The largest absolute Gasteiger partial charge is 0.493 e. The molecular formula is C18H20ClO2. The van der Waals surface area contributed by atoms with Crippen molar-refractivity contribution in [2.75, 3.05) is 12.5 Å². The molecule has 0 unspecified atom stereocenters. The van der Waals surface area contributed by atoms with Crippen molar-refractivity contribution in [2.45, 2.75) is 26.4 Å². The average Bonchev–Trinajstić information content (AvgIpc) is 2.54. The van der Waals surface area contributed by atoms with Crippen LogP contribution in [0.2, 0.25) is 0 Å². The smallest absolute Gasteiger partial charge is 0.131 e. The Morgan fingerprint density at radius 2 is 1.95 bits per heavy atom. The summed E-state index contributed by atoms with van der Waals surface area (Å²) in [5.41, 5.74) is 2.27. The molecule has 0 saturated heterocycles. The molecule has 0 aliphatic carbocycles. The molecule has 0 bridgehead atoms. The Kier molecular flexibility index (Phi) is 6.42. The SMILES string of the molecule is CCc1c[c]c(OCc2ccccc2)cc1OCCCCl. The molecule has 2 rings (SSSR count). The van der Waals surface area contributed by atoms with Crippen LogP contribution in [0.3, 0.4) is 0 Å². The van der Waals surface area contributed by atoms with E-state index < -0.39 is 0 Å². The first-order valence-corrected chi connectivity index (χ1v) is 7.77. The quantitative estimate of drug-likeness (QED) is 0.522. The fraction of sp³-hybridized carbons (Fsp3) is 0.333. The van der Waals surface area contributed by atoms with Crippen LogP contribution >= 0.6 is 11.6 Å². The Bertz CT molecular complexity index is 540. The highest BCUT2D eigenvalue weighted by molar-refractivity contribution is 6.17. The summed E-state index contributed by atoms with van der Waals surface area (Å²) >= 11 is 5.68. The molecule has 3 heteroatoms. The second-order valence-corrected chi connectivity index (χ2v) is 5.08. The third-order valence-corrected chi connectivity index (χ3v) is 3.39. The monoisotopic (exact) mass is 303 g/mol. The van der Waals surface area contributed by atoms with Crippen LogP contribution in [-0.4, -0.2) is 12.5 Å². The van der Waals surface area contributed by atoms with Gasteiger partial charge in [-0.05, 0) is 30.0 Å². The lowest BCUT2D eigenvalue weighted by Crippen LogP contribution is -2.02. The Morgan fingerprint density at radius 1 is 1.14 bits per heavy atom. The number of rotatable bonds is 8. The predicted molar refractivity (Wildman–Crippen MR) is 86.3 cm³/mol. The van der Waals surface area contributed by atoms with Gasteiger partial charge in [0, 0.05) is 18.0 Å². The molecule has 0 saturated carbocycles. The van der Waals surface area contributed by atoms with Crippen LogP contribution in [0.4, 0.5) is 0 Å². The minimum atomic E-state index is 0.532. The number of alkyl halides is 1. The molecule has 0 aliphatic heterocycles. The van der Waals surface area contributed by atoms with Crippen LogP contribution in [0.25, 0.3) is 0 Å². The van der Waals surface area contributed by atoms with Gasteiger partial charge in [-0.2, -0.15) is 0 Å². The predicted octanol–water partition coefficient (Wildman–Crippen LogP) is 4.64. The van der Waals surface area contributed by atoms with E-state index in [-0.39, 0.29) is 0 Å². The zero-order valence-corrected chi connectivity index (χ0v) is 13.0. The van der Waals surface area contributed by atoms with Gasteiger partial charge in [0.05, 0.1) is 6.61 Å². The Balaban J connectivity index is 2.01. The van der Waals surface area contributed by atoms with E-state index in [0.717, 1.165) is 29.7 Å². The minimum absolute atomic E-state index is 0.532. The van der Waals surface area contributed by atoms with Gasteiger partial charge in [0.2, 0.25) is 0 Å². The van der Waals surface area contributed by atoms with Gasteiger partial charge in [0.25, 0.3) is 0 Å². The van der Waals surface area contributed by atoms with Crippen molar-refractivity contribution in [3.05, 3.63) is 59.7 Å². The Labute approximate surface area is 131 Å². The summed E-state index contributed by atoms with van der Waals surface area (Å²) in [5.74, 6) is 2.18. The molecule has 0 N–H and O–H groups in total. The van der Waals surface area contributed by atoms with Crippen molar-refractivity contribution in [1.82, 2.24) is 0 Å². The van der Waals surface area contributed by atoms with Gasteiger partial charge < -0.3 is 9.47 Å².